The number of rotatable bonds is 6. The highest BCUT2D eigenvalue weighted by molar-refractivity contribution is 5.92. The molecule has 0 aliphatic rings. The van der Waals surface area contributed by atoms with Crippen LogP contribution in [0.25, 0.3) is 16.6 Å². The molecule has 0 aliphatic heterocycles. The molecule has 33 heavy (non-hydrogen) atoms. The van der Waals surface area contributed by atoms with E-state index in [2.05, 4.69) is 15.0 Å². The van der Waals surface area contributed by atoms with E-state index in [0.717, 1.165) is 27.7 Å². The van der Waals surface area contributed by atoms with Gasteiger partial charge >= 0.3 is 6.18 Å². The number of hydrogen-bond acceptors (Lipinski definition) is 3. The second-order valence-electron chi connectivity index (χ2n) is 7.64. The molecule has 0 bridgehead atoms. The van der Waals surface area contributed by atoms with Crippen LogP contribution in [-0.2, 0) is 12.7 Å². The zero-order valence-corrected chi connectivity index (χ0v) is 17.8. The first kappa shape index (κ1) is 22.3. The first-order valence-corrected chi connectivity index (χ1v) is 10.3. The van der Waals surface area contributed by atoms with Crippen LogP contribution in [0.5, 0.6) is 0 Å². The van der Waals surface area contributed by atoms with E-state index in [-0.39, 0.29) is 11.4 Å². The predicted molar refractivity (Wildman–Crippen MR) is 118 cm³/mol. The van der Waals surface area contributed by atoms with Crippen molar-refractivity contribution in [1.29, 1.82) is 0 Å². The zero-order valence-electron chi connectivity index (χ0n) is 17.8. The normalized spacial score (nSPS) is 11.6. The molecule has 1 N–H and O–H groups in total. The number of benzene rings is 2. The molecule has 4 aromatic rings. The predicted octanol–water partition coefficient (Wildman–Crippen LogP) is 4.33. The van der Waals surface area contributed by atoms with E-state index in [1.807, 2.05) is 36.5 Å². The number of carbonyl (C=O) groups is 1. The van der Waals surface area contributed by atoms with Gasteiger partial charge in [-0.3, -0.25) is 9.59 Å². The Hall–Kier alpha value is -3.88. The third kappa shape index (κ3) is 4.82. The molecule has 0 unspecified atom stereocenters. The lowest BCUT2D eigenvalue weighted by Gasteiger charge is -2.13. The van der Waals surface area contributed by atoms with Crippen LogP contribution in [0.4, 0.5) is 13.2 Å². The molecule has 0 aliphatic carbocycles. The summed E-state index contributed by atoms with van der Waals surface area (Å²) in [6.07, 6.45) is -1.92. The topological polar surface area (TPSA) is 68.9 Å². The van der Waals surface area contributed by atoms with Crippen molar-refractivity contribution in [3.63, 3.8) is 0 Å². The van der Waals surface area contributed by atoms with Crippen LogP contribution in [0, 0.1) is 6.92 Å². The standard InChI is InChI=1S/C24H21F3N4O2/c1-16-14-21(32)22(29-31(16)19-8-4-7-18(15-19)24(25,26)27)23(33)28-11-5-12-30-13-10-17-6-2-3-9-20(17)30/h2-4,6-10,13-15H,5,11-12H2,1H3,(H,28,33). The molecule has 6 nitrogen and oxygen atoms in total. The van der Waals surface area contributed by atoms with Gasteiger partial charge in [-0.1, -0.05) is 24.3 Å². The summed E-state index contributed by atoms with van der Waals surface area (Å²) < 4.78 is 42.5. The lowest BCUT2D eigenvalue weighted by molar-refractivity contribution is -0.137. The summed E-state index contributed by atoms with van der Waals surface area (Å²) in [5.41, 5.74) is -0.295. The molecule has 1 amide bonds. The first-order valence-electron chi connectivity index (χ1n) is 10.3. The lowest BCUT2D eigenvalue weighted by atomic mass is 10.2. The van der Waals surface area contributed by atoms with Gasteiger partial charge in [0.15, 0.2) is 5.69 Å². The maximum Gasteiger partial charge on any atom is 0.416 e. The fraction of sp³-hybridized carbons (Fsp3) is 0.208. The van der Waals surface area contributed by atoms with Gasteiger partial charge < -0.3 is 9.88 Å². The monoisotopic (exact) mass is 454 g/mol. The Morgan fingerprint density at radius 3 is 2.64 bits per heavy atom. The number of carbonyl (C=O) groups excluding carboxylic acids is 1. The zero-order chi connectivity index (χ0) is 23.6. The van der Waals surface area contributed by atoms with Crippen molar-refractivity contribution < 1.29 is 18.0 Å². The minimum absolute atomic E-state index is 0.107. The van der Waals surface area contributed by atoms with E-state index in [9.17, 15) is 22.8 Å². The molecule has 0 radical (unpaired) electrons. The molecule has 4 rings (SSSR count). The molecule has 2 heterocycles. The van der Waals surface area contributed by atoms with Gasteiger partial charge in [-0.25, -0.2) is 4.68 Å². The van der Waals surface area contributed by atoms with Crippen LogP contribution in [0.3, 0.4) is 0 Å². The van der Waals surface area contributed by atoms with Gasteiger partial charge in [-0.05, 0) is 49.1 Å². The molecule has 0 saturated heterocycles. The SMILES string of the molecule is Cc1cc(=O)c(C(=O)NCCCn2ccc3ccccc32)nn1-c1cccc(C(F)(F)F)c1. The molecule has 2 aromatic carbocycles. The maximum absolute atomic E-state index is 13.1. The highest BCUT2D eigenvalue weighted by Crippen LogP contribution is 2.30. The van der Waals surface area contributed by atoms with Crippen molar-refractivity contribution in [1.82, 2.24) is 19.7 Å². The lowest BCUT2D eigenvalue weighted by Crippen LogP contribution is -2.32. The fourth-order valence-corrected chi connectivity index (χ4v) is 3.65. The van der Waals surface area contributed by atoms with E-state index < -0.39 is 23.1 Å². The number of aryl methyl sites for hydroxylation is 2. The summed E-state index contributed by atoms with van der Waals surface area (Å²) in [7, 11) is 0. The van der Waals surface area contributed by atoms with Crippen molar-refractivity contribution in [2.24, 2.45) is 0 Å². The van der Waals surface area contributed by atoms with Gasteiger partial charge in [0, 0.05) is 36.6 Å². The number of fused-ring (bicyclic) bond motifs is 1. The Labute approximate surface area is 187 Å². The Morgan fingerprint density at radius 1 is 1.06 bits per heavy atom. The number of aromatic nitrogens is 3. The van der Waals surface area contributed by atoms with Crippen molar-refractivity contribution in [2.75, 3.05) is 6.54 Å². The number of para-hydroxylation sites is 1. The minimum Gasteiger partial charge on any atom is -0.350 e. The number of amides is 1. The van der Waals surface area contributed by atoms with Crippen LogP contribution in [0.1, 0.15) is 28.2 Å². The summed E-state index contributed by atoms with van der Waals surface area (Å²) in [6.45, 7) is 2.52. The largest absolute Gasteiger partial charge is 0.416 e. The van der Waals surface area contributed by atoms with E-state index in [4.69, 9.17) is 0 Å². The van der Waals surface area contributed by atoms with E-state index >= 15 is 0 Å². The third-order valence-electron chi connectivity index (χ3n) is 5.28. The van der Waals surface area contributed by atoms with E-state index in [0.29, 0.717) is 25.2 Å². The average Bonchev–Trinajstić information content (AvgIpc) is 3.19. The summed E-state index contributed by atoms with van der Waals surface area (Å²) >= 11 is 0. The third-order valence-corrected chi connectivity index (χ3v) is 5.28. The summed E-state index contributed by atoms with van der Waals surface area (Å²) in [6, 6.07) is 15.7. The molecule has 0 atom stereocenters. The van der Waals surface area contributed by atoms with Crippen molar-refractivity contribution >= 4 is 16.8 Å². The number of halogens is 3. The molecular formula is C24H21F3N4O2. The molecule has 170 valence electrons. The van der Waals surface area contributed by atoms with Crippen molar-refractivity contribution in [3.05, 3.63) is 94.0 Å². The first-order chi connectivity index (χ1) is 15.7. The van der Waals surface area contributed by atoms with Gasteiger partial charge in [0.1, 0.15) is 0 Å². The average molecular weight is 454 g/mol. The smallest absolute Gasteiger partial charge is 0.350 e. The Bertz CT molecular complexity index is 1370. The van der Waals surface area contributed by atoms with Crippen LogP contribution in [0.2, 0.25) is 0 Å². The fourth-order valence-electron chi connectivity index (χ4n) is 3.65. The van der Waals surface area contributed by atoms with Gasteiger partial charge in [0.2, 0.25) is 5.43 Å². The Balaban J connectivity index is 1.47. The number of nitrogens with one attached hydrogen (secondary N) is 1. The summed E-state index contributed by atoms with van der Waals surface area (Å²) in [5.74, 6) is -0.668. The maximum atomic E-state index is 13.1. The van der Waals surface area contributed by atoms with Gasteiger partial charge in [0.25, 0.3) is 5.91 Å². The van der Waals surface area contributed by atoms with Gasteiger partial charge in [0.05, 0.1) is 11.3 Å². The molecule has 0 fully saturated rings. The number of alkyl halides is 3. The highest BCUT2D eigenvalue weighted by Gasteiger charge is 2.30. The number of hydrogen-bond donors (Lipinski definition) is 1. The van der Waals surface area contributed by atoms with E-state index in [1.165, 1.54) is 25.1 Å². The molecule has 2 aromatic heterocycles. The molecule has 0 spiro atoms. The second-order valence-corrected chi connectivity index (χ2v) is 7.64. The summed E-state index contributed by atoms with van der Waals surface area (Å²) in [5, 5.41) is 7.86. The highest BCUT2D eigenvalue weighted by atomic mass is 19.4. The summed E-state index contributed by atoms with van der Waals surface area (Å²) in [4.78, 5) is 24.9. The van der Waals surface area contributed by atoms with Crippen LogP contribution >= 0.6 is 0 Å². The molecule has 9 heteroatoms. The van der Waals surface area contributed by atoms with Crippen molar-refractivity contribution in [2.45, 2.75) is 26.1 Å². The van der Waals surface area contributed by atoms with E-state index in [1.54, 1.807) is 0 Å². The Kier molecular flexibility index (Phi) is 6.04. The number of nitrogens with zero attached hydrogens (tertiary/aromatic N) is 3. The van der Waals surface area contributed by atoms with Crippen LogP contribution in [0.15, 0.2) is 71.7 Å². The van der Waals surface area contributed by atoms with Crippen molar-refractivity contribution in [3.8, 4) is 5.69 Å². The quantitative estimate of drug-likeness (QED) is 0.441. The minimum atomic E-state index is -4.52. The van der Waals surface area contributed by atoms with Gasteiger partial charge in [-0.15, -0.1) is 0 Å². The molecule has 0 saturated carbocycles. The second kappa shape index (κ2) is 8.93. The van der Waals surface area contributed by atoms with Gasteiger partial charge in [-0.2, -0.15) is 18.3 Å². The van der Waals surface area contributed by atoms with Crippen LogP contribution in [-0.4, -0.2) is 26.8 Å². The Morgan fingerprint density at radius 2 is 1.85 bits per heavy atom. The van der Waals surface area contributed by atoms with Crippen LogP contribution < -0.4 is 10.7 Å². The molecular weight excluding hydrogens is 433 g/mol.